The van der Waals surface area contributed by atoms with E-state index in [-0.39, 0.29) is 5.97 Å². The van der Waals surface area contributed by atoms with Crippen molar-refractivity contribution >= 4 is 17.7 Å². The molecule has 0 radical (unpaired) electrons. The van der Waals surface area contributed by atoms with E-state index in [4.69, 9.17) is 4.74 Å². The molecule has 0 fully saturated rings. The lowest BCUT2D eigenvalue weighted by Crippen LogP contribution is -2.09. The van der Waals surface area contributed by atoms with Crippen molar-refractivity contribution in [2.45, 2.75) is 4.90 Å². The van der Waals surface area contributed by atoms with Crippen LogP contribution in [-0.4, -0.2) is 5.97 Å². The number of hydrogen-bond donors (Lipinski definition) is 0. The molecular formula is C9H6O2S. The molecular weight excluding hydrogens is 172 g/mol. The quantitative estimate of drug-likeness (QED) is 0.571. The zero-order valence-corrected chi connectivity index (χ0v) is 7.06. The van der Waals surface area contributed by atoms with Crippen LogP contribution in [0.15, 0.2) is 40.8 Å². The third-order valence-corrected chi connectivity index (χ3v) is 2.42. The van der Waals surface area contributed by atoms with Gasteiger partial charge in [0.05, 0.1) is 5.56 Å². The molecule has 3 heteroatoms. The molecule has 0 saturated carbocycles. The number of rotatable bonds is 0. The molecule has 0 bridgehead atoms. The summed E-state index contributed by atoms with van der Waals surface area (Å²) < 4.78 is 4.84. The highest BCUT2D eigenvalue weighted by molar-refractivity contribution is 8.03. The average Bonchev–Trinajstić information content (AvgIpc) is 2.04. The summed E-state index contributed by atoms with van der Waals surface area (Å²) in [6.45, 7) is 3.58. The van der Waals surface area contributed by atoms with Gasteiger partial charge in [-0.1, -0.05) is 23.9 Å². The molecule has 0 aromatic heterocycles. The molecule has 1 aromatic rings. The van der Waals surface area contributed by atoms with Gasteiger partial charge in [-0.15, -0.1) is 0 Å². The summed E-state index contributed by atoms with van der Waals surface area (Å²) in [7, 11) is 0. The van der Waals surface area contributed by atoms with Gasteiger partial charge in [-0.05, 0) is 18.7 Å². The Balaban J connectivity index is 2.54. The lowest BCUT2D eigenvalue weighted by Gasteiger charge is -2.15. The molecule has 2 nitrogen and oxygen atoms in total. The number of carbonyl (C=O) groups excluding carboxylic acids is 1. The highest BCUT2D eigenvalue weighted by atomic mass is 32.2. The standard InChI is InChI=1S/C9H6O2S/c1-6-11-9(10)7-4-2-3-5-8(7)12-6/h2-5H,1H2. The Labute approximate surface area is 74.2 Å². The van der Waals surface area contributed by atoms with E-state index in [1.807, 2.05) is 18.2 Å². The van der Waals surface area contributed by atoms with Gasteiger partial charge in [-0.25, -0.2) is 4.79 Å². The number of hydrogen-bond acceptors (Lipinski definition) is 3. The molecule has 0 saturated heterocycles. The Kier molecular flexibility index (Phi) is 1.66. The minimum Gasteiger partial charge on any atom is -0.416 e. The molecule has 0 spiro atoms. The molecule has 0 atom stereocenters. The first kappa shape index (κ1) is 7.43. The van der Waals surface area contributed by atoms with Crippen LogP contribution in [0.2, 0.25) is 0 Å². The van der Waals surface area contributed by atoms with Gasteiger partial charge in [0.1, 0.15) is 0 Å². The molecule has 60 valence electrons. The van der Waals surface area contributed by atoms with E-state index in [1.54, 1.807) is 6.07 Å². The van der Waals surface area contributed by atoms with E-state index in [0.29, 0.717) is 10.7 Å². The number of ether oxygens (including phenoxy) is 1. The number of carbonyl (C=O) groups is 1. The summed E-state index contributed by atoms with van der Waals surface area (Å²) in [5.74, 6) is -0.311. The molecule has 12 heavy (non-hydrogen) atoms. The van der Waals surface area contributed by atoms with Crippen LogP contribution in [0.3, 0.4) is 0 Å². The predicted molar refractivity (Wildman–Crippen MR) is 46.9 cm³/mol. The van der Waals surface area contributed by atoms with Crippen LogP contribution < -0.4 is 0 Å². The molecule has 2 rings (SSSR count). The molecule has 1 aromatic carbocycles. The molecule has 1 aliphatic heterocycles. The fourth-order valence-electron chi connectivity index (χ4n) is 1.03. The Morgan fingerprint density at radius 3 is 2.92 bits per heavy atom. The van der Waals surface area contributed by atoms with Gasteiger partial charge < -0.3 is 4.74 Å². The monoisotopic (exact) mass is 178 g/mol. The van der Waals surface area contributed by atoms with E-state index in [1.165, 1.54) is 11.8 Å². The van der Waals surface area contributed by atoms with E-state index in [2.05, 4.69) is 6.58 Å². The highest BCUT2D eigenvalue weighted by Gasteiger charge is 2.20. The van der Waals surface area contributed by atoms with Crippen LogP contribution in [0.4, 0.5) is 0 Å². The van der Waals surface area contributed by atoms with Crippen LogP contribution in [0.5, 0.6) is 0 Å². The second-order valence-electron chi connectivity index (χ2n) is 2.36. The van der Waals surface area contributed by atoms with Gasteiger partial charge >= 0.3 is 5.97 Å². The van der Waals surface area contributed by atoms with Crippen molar-refractivity contribution in [3.05, 3.63) is 41.5 Å². The van der Waals surface area contributed by atoms with Crippen molar-refractivity contribution in [2.75, 3.05) is 0 Å². The number of benzene rings is 1. The fraction of sp³-hybridized carbons (Fsp3) is 0. The molecule has 0 unspecified atom stereocenters. The van der Waals surface area contributed by atoms with E-state index >= 15 is 0 Å². The summed E-state index contributed by atoms with van der Waals surface area (Å²) >= 11 is 1.38. The van der Waals surface area contributed by atoms with Crippen molar-refractivity contribution in [1.82, 2.24) is 0 Å². The molecule has 0 aliphatic carbocycles. The highest BCUT2D eigenvalue weighted by Crippen LogP contribution is 2.34. The van der Waals surface area contributed by atoms with Crippen LogP contribution in [0, 0.1) is 0 Å². The van der Waals surface area contributed by atoms with Crippen molar-refractivity contribution in [1.29, 1.82) is 0 Å². The van der Waals surface area contributed by atoms with Gasteiger partial charge in [0.2, 0.25) is 0 Å². The predicted octanol–water partition coefficient (Wildman–Crippen LogP) is 2.42. The Hall–Kier alpha value is -1.22. The van der Waals surface area contributed by atoms with Crippen LogP contribution in [-0.2, 0) is 4.74 Å². The van der Waals surface area contributed by atoms with Gasteiger partial charge in [0.15, 0.2) is 5.09 Å². The second-order valence-corrected chi connectivity index (χ2v) is 3.46. The van der Waals surface area contributed by atoms with E-state index in [9.17, 15) is 4.79 Å². The summed E-state index contributed by atoms with van der Waals surface area (Å²) in [6.07, 6.45) is 0. The molecule has 0 N–H and O–H groups in total. The van der Waals surface area contributed by atoms with Crippen molar-refractivity contribution < 1.29 is 9.53 Å². The normalized spacial score (nSPS) is 15.3. The van der Waals surface area contributed by atoms with Gasteiger partial charge in [0, 0.05) is 4.90 Å². The van der Waals surface area contributed by atoms with Crippen LogP contribution in [0.1, 0.15) is 10.4 Å². The topological polar surface area (TPSA) is 26.3 Å². The maximum atomic E-state index is 11.2. The lowest BCUT2D eigenvalue weighted by atomic mass is 10.2. The summed E-state index contributed by atoms with van der Waals surface area (Å²) in [5.41, 5.74) is 0.620. The first-order valence-electron chi connectivity index (χ1n) is 3.45. The minimum absolute atomic E-state index is 0.311. The summed E-state index contributed by atoms with van der Waals surface area (Å²) in [4.78, 5) is 12.1. The van der Waals surface area contributed by atoms with Gasteiger partial charge in [-0.2, -0.15) is 0 Å². The van der Waals surface area contributed by atoms with E-state index < -0.39 is 0 Å². The minimum atomic E-state index is -0.311. The smallest absolute Gasteiger partial charge is 0.345 e. The third-order valence-electron chi connectivity index (χ3n) is 1.54. The Morgan fingerprint density at radius 2 is 2.08 bits per heavy atom. The number of cyclic esters (lactones) is 1. The molecule has 0 amide bonds. The van der Waals surface area contributed by atoms with Crippen molar-refractivity contribution in [3.8, 4) is 0 Å². The SMILES string of the molecule is C=C1OC(=O)c2ccccc2S1. The maximum absolute atomic E-state index is 11.2. The first-order valence-corrected chi connectivity index (χ1v) is 4.27. The largest absolute Gasteiger partial charge is 0.416 e. The number of fused-ring (bicyclic) bond motifs is 1. The fourth-order valence-corrected chi connectivity index (χ4v) is 1.80. The molecule has 1 heterocycles. The Morgan fingerprint density at radius 1 is 1.33 bits per heavy atom. The lowest BCUT2D eigenvalue weighted by molar-refractivity contribution is 0.0643. The third kappa shape index (κ3) is 1.12. The molecule has 1 aliphatic rings. The zero-order chi connectivity index (χ0) is 8.55. The Bertz CT molecular complexity index is 357. The first-order chi connectivity index (χ1) is 5.77. The van der Waals surface area contributed by atoms with Crippen molar-refractivity contribution in [3.63, 3.8) is 0 Å². The van der Waals surface area contributed by atoms with Crippen LogP contribution in [0.25, 0.3) is 0 Å². The number of esters is 1. The van der Waals surface area contributed by atoms with Gasteiger partial charge in [0.25, 0.3) is 0 Å². The van der Waals surface area contributed by atoms with Crippen molar-refractivity contribution in [2.24, 2.45) is 0 Å². The zero-order valence-electron chi connectivity index (χ0n) is 6.24. The second kappa shape index (κ2) is 2.68. The number of thioether (sulfide) groups is 1. The van der Waals surface area contributed by atoms with Crippen LogP contribution >= 0.6 is 11.8 Å². The maximum Gasteiger partial charge on any atom is 0.345 e. The summed E-state index contributed by atoms with van der Waals surface area (Å²) in [5, 5.41) is 0.443. The van der Waals surface area contributed by atoms with E-state index in [0.717, 1.165) is 4.90 Å². The summed E-state index contributed by atoms with van der Waals surface area (Å²) in [6, 6.07) is 7.33. The average molecular weight is 178 g/mol. The van der Waals surface area contributed by atoms with Gasteiger partial charge in [-0.3, -0.25) is 0 Å².